The number of aromatic nitrogens is 2. The van der Waals surface area contributed by atoms with E-state index in [1.54, 1.807) is 0 Å². The van der Waals surface area contributed by atoms with Gasteiger partial charge in [-0.1, -0.05) is 0 Å². The number of carbonyl (C=O) groups excluding carboxylic acids is 2. The van der Waals surface area contributed by atoms with Gasteiger partial charge in [-0.15, -0.1) is 0 Å². The molecule has 6 heteroatoms. The van der Waals surface area contributed by atoms with Crippen LogP contribution in [0.4, 0.5) is 0 Å². The Kier molecular flexibility index (Phi) is 6.39. The quantitative estimate of drug-likeness (QED) is 0.152. The van der Waals surface area contributed by atoms with Gasteiger partial charge in [0.15, 0.2) is 11.6 Å². The van der Waals surface area contributed by atoms with Gasteiger partial charge in [0.1, 0.15) is 0 Å². The predicted molar refractivity (Wildman–Crippen MR) is 270 cm³/mol. The molecule has 5 aromatic carbocycles. The van der Waals surface area contributed by atoms with Crippen molar-refractivity contribution >= 4 is 87.8 Å². The van der Waals surface area contributed by atoms with E-state index in [9.17, 15) is 20.1 Å². The van der Waals surface area contributed by atoms with E-state index in [1.165, 1.54) is 156 Å². The molecule has 0 saturated heterocycles. The van der Waals surface area contributed by atoms with Crippen LogP contribution < -0.4 is 0 Å². The lowest BCUT2D eigenvalue weighted by atomic mass is 9.67. The summed E-state index contributed by atoms with van der Waals surface area (Å²) >= 11 is 0. The summed E-state index contributed by atoms with van der Waals surface area (Å²) in [6, 6.07) is 20.0. The third-order valence-corrected chi connectivity index (χ3v) is 22.6. The summed E-state index contributed by atoms with van der Waals surface area (Å²) in [4.78, 5) is 29.6. The zero-order chi connectivity index (χ0) is 44.8. The SMILES string of the molecule is N#Cc1cc2c(c3c1C1CC4CC(C1)CC3C4)c1c3c4cc5c(cc4n4c6cc(C#N)c7c(c6c(c6c8cc9c(cc8n2c61)C1CCC(CC1)C9=O)c34)C1CC2CC7CC1C2)C1CCC(CC1)C5=O. The number of ketones is 2. The van der Waals surface area contributed by atoms with Crippen molar-refractivity contribution in [2.24, 2.45) is 35.5 Å². The molecule has 6 unspecified atom stereocenters. The highest BCUT2D eigenvalue weighted by Gasteiger charge is 2.51. The molecule has 0 amide bonds. The van der Waals surface area contributed by atoms with Crippen LogP contribution in [-0.2, 0) is 0 Å². The summed E-state index contributed by atoms with van der Waals surface area (Å²) in [7, 11) is 0. The normalized spacial score (nSPS) is 33.4. The first-order valence-electron chi connectivity index (χ1n) is 27.4. The zero-order valence-corrected chi connectivity index (χ0v) is 39.0. The van der Waals surface area contributed by atoms with Crippen LogP contribution in [-0.4, -0.2) is 20.4 Å². The van der Waals surface area contributed by atoms with Crippen LogP contribution in [0.3, 0.4) is 0 Å². The number of nitrogens with zero attached hydrogens (tertiary/aromatic N) is 4. The molecule has 6 fully saturated rings. The molecule has 11 bridgehead atoms. The number of Topliss-reactive ketones (excluding diaryl/α,β-unsaturated/α-hetero) is 2. The Hall–Kier alpha value is -5.98. The maximum Gasteiger partial charge on any atom is 0.166 e. The van der Waals surface area contributed by atoms with Gasteiger partial charge in [-0.2, -0.15) is 10.5 Å². The van der Waals surface area contributed by atoms with Gasteiger partial charge in [0.25, 0.3) is 0 Å². The Balaban J connectivity index is 1.11. The molecule has 69 heavy (non-hydrogen) atoms. The van der Waals surface area contributed by atoms with Crippen LogP contribution in [0.5, 0.6) is 0 Å². The summed E-state index contributed by atoms with van der Waals surface area (Å²) in [6.45, 7) is 0. The van der Waals surface area contributed by atoms with Gasteiger partial charge in [0.2, 0.25) is 0 Å². The second-order valence-corrected chi connectivity index (χ2v) is 25.3. The molecule has 13 aliphatic rings. The molecule has 0 aliphatic heterocycles. The maximum absolute atomic E-state index is 14.8. The van der Waals surface area contributed by atoms with Crippen LogP contribution in [0.1, 0.15) is 210 Å². The van der Waals surface area contributed by atoms with E-state index in [1.807, 2.05) is 0 Å². The molecule has 0 spiro atoms. The molecule has 6 nitrogen and oxygen atoms in total. The van der Waals surface area contributed by atoms with Crippen LogP contribution in [0.2, 0.25) is 0 Å². The van der Waals surface area contributed by atoms with E-state index < -0.39 is 0 Å². The third-order valence-electron chi connectivity index (χ3n) is 22.6. The number of hydrogen-bond donors (Lipinski definition) is 0. The second kappa shape index (κ2) is 11.9. The Morgan fingerprint density at radius 2 is 0.855 bits per heavy atom. The summed E-state index contributed by atoms with van der Waals surface area (Å²) in [5.41, 5.74) is 18.9. The molecule has 6 atom stereocenters. The van der Waals surface area contributed by atoms with Gasteiger partial charge < -0.3 is 8.80 Å². The Bertz CT molecular complexity index is 4100. The molecule has 22 rings (SSSR count). The van der Waals surface area contributed by atoms with Crippen molar-refractivity contribution in [2.45, 2.75) is 145 Å². The van der Waals surface area contributed by atoms with Crippen LogP contribution in [0.25, 0.3) is 76.2 Å². The van der Waals surface area contributed by atoms with Gasteiger partial charge in [-0.3, -0.25) is 9.59 Å². The minimum atomic E-state index is 0.0945. The van der Waals surface area contributed by atoms with E-state index in [2.05, 4.69) is 57.3 Å². The minimum Gasteiger partial charge on any atom is -0.308 e. The molecule has 0 N–H and O–H groups in total. The second-order valence-electron chi connectivity index (χ2n) is 25.3. The van der Waals surface area contributed by atoms with Crippen molar-refractivity contribution < 1.29 is 9.59 Å². The van der Waals surface area contributed by atoms with Crippen molar-refractivity contribution in [3.05, 3.63) is 92.0 Å². The molecule has 336 valence electrons. The lowest BCUT2D eigenvalue weighted by Gasteiger charge is -2.38. The highest BCUT2D eigenvalue weighted by molar-refractivity contribution is 6.46. The fourth-order valence-corrected chi connectivity index (χ4v) is 20.4. The minimum absolute atomic E-state index is 0.0945. The van der Waals surface area contributed by atoms with Crippen LogP contribution >= 0.6 is 0 Å². The van der Waals surface area contributed by atoms with E-state index in [-0.39, 0.29) is 11.8 Å². The first kappa shape index (κ1) is 36.9. The van der Waals surface area contributed by atoms with Crippen molar-refractivity contribution in [2.75, 3.05) is 0 Å². The summed E-state index contributed by atoms with van der Waals surface area (Å²) < 4.78 is 5.23. The standard InChI is InChI=1S/C63H52N4O2/c64-24-37-18-48-56(52-35-13-26-9-27(14-35)12-34(11-26)50(37)52)58-54-44-20-42-40(30-3-7-31(8-4-30)62(42)68)23-47(44)67-49-19-38(25-65)51-36-15-28-10-33(17-36)41(16-28)53(51)57(49)59(61(54)67)55-45-21-43-39(22-46(45)66(48)60(55)58)29-1-5-32(6-2-29)63(43)69/h18-23,26-36,41H,1-17H2. The van der Waals surface area contributed by atoms with Crippen molar-refractivity contribution in [1.29, 1.82) is 10.5 Å². The molecule has 4 aromatic heterocycles. The fraction of sp³-hybridized carbons (Fsp3) is 0.460. The highest BCUT2D eigenvalue weighted by Crippen LogP contribution is 2.66. The molecular weight excluding hydrogens is 845 g/mol. The van der Waals surface area contributed by atoms with Crippen LogP contribution in [0.15, 0.2) is 36.4 Å². The Morgan fingerprint density at radius 1 is 0.406 bits per heavy atom. The molecule has 9 aromatic rings. The average Bonchev–Trinajstić information content (AvgIpc) is 4.03. The third kappa shape index (κ3) is 4.08. The van der Waals surface area contributed by atoms with Crippen molar-refractivity contribution in [1.82, 2.24) is 8.80 Å². The summed E-state index contributed by atoms with van der Waals surface area (Å²) in [5, 5.41) is 32.8. The van der Waals surface area contributed by atoms with E-state index in [0.29, 0.717) is 70.7 Å². The number of fused-ring (bicyclic) bond motifs is 24. The van der Waals surface area contributed by atoms with E-state index >= 15 is 0 Å². The average molecular weight is 897 g/mol. The summed E-state index contributed by atoms with van der Waals surface area (Å²) in [5.74, 6) is 6.04. The van der Waals surface area contributed by atoms with E-state index in [4.69, 9.17) is 0 Å². The Morgan fingerprint density at radius 3 is 1.38 bits per heavy atom. The van der Waals surface area contributed by atoms with Gasteiger partial charge in [0, 0.05) is 66.1 Å². The van der Waals surface area contributed by atoms with Gasteiger partial charge >= 0.3 is 0 Å². The number of nitriles is 2. The van der Waals surface area contributed by atoms with Gasteiger partial charge in [-0.25, -0.2) is 0 Å². The molecular formula is C63H52N4O2. The molecule has 0 radical (unpaired) electrons. The number of carbonyl (C=O) groups is 2. The van der Waals surface area contributed by atoms with Gasteiger partial charge in [0.05, 0.1) is 56.4 Å². The molecule has 6 saturated carbocycles. The molecule has 13 aliphatic carbocycles. The number of rotatable bonds is 0. The number of benzene rings is 5. The zero-order valence-electron chi connectivity index (χ0n) is 39.0. The van der Waals surface area contributed by atoms with Crippen molar-refractivity contribution in [3.8, 4) is 12.1 Å². The largest absolute Gasteiger partial charge is 0.308 e. The smallest absolute Gasteiger partial charge is 0.166 e. The highest BCUT2D eigenvalue weighted by atomic mass is 16.1. The van der Waals surface area contributed by atoms with E-state index in [0.717, 1.165) is 84.7 Å². The van der Waals surface area contributed by atoms with Crippen molar-refractivity contribution in [3.63, 3.8) is 0 Å². The fourth-order valence-electron chi connectivity index (χ4n) is 20.4. The summed E-state index contributed by atoms with van der Waals surface area (Å²) in [6.07, 6.45) is 19.2. The molecule has 4 heterocycles. The Labute approximate surface area is 399 Å². The first-order chi connectivity index (χ1) is 33.9. The maximum atomic E-state index is 14.8. The number of hydrogen-bond acceptors (Lipinski definition) is 4. The topological polar surface area (TPSA) is 90.5 Å². The first-order valence-corrected chi connectivity index (χ1v) is 27.4. The van der Waals surface area contributed by atoms with Crippen LogP contribution in [0, 0.1) is 58.2 Å². The predicted octanol–water partition coefficient (Wildman–Crippen LogP) is 15.1. The lowest BCUT2D eigenvalue weighted by molar-refractivity contribution is 0.0891. The lowest BCUT2D eigenvalue weighted by Crippen LogP contribution is -2.25. The monoisotopic (exact) mass is 896 g/mol. The van der Waals surface area contributed by atoms with Gasteiger partial charge in [-0.05, 0) is 238 Å².